The number of esters is 1. The lowest BCUT2D eigenvalue weighted by molar-refractivity contribution is -0.274. The molecule has 122 valence electrons. The number of methoxy groups -OCH3 is 2. The van der Waals surface area contributed by atoms with Crippen molar-refractivity contribution in [1.82, 2.24) is 0 Å². The zero-order valence-corrected chi connectivity index (χ0v) is 12.3. The van der Waals surface area contributed by atoms with Gasteiger partial charge in [0, 0.05) is 0 Å². The monoisotopic (exact) mass is 326 g/mol. The largest absolute Gasteiger partial charge is 0.573 e. The van der Waals surface area contributed by atoms with E-state index in [1.54, 1.807) is 18.2 Å². The second kappa shape index (κ2) is 6.60. The summed E-state index contributed by atoms with van der Waals surface area (Å²) >= 11 is 0. The Morgan fingerprint density at radius 3 is 2.09 bits per heavy atom. The predicted molar refractivity (Wildman–Crippen MR) is 76.5 cm³/mol. The molecule has 2 rings (SSSR count). The smallest absolute Gasteiger partial charge is 0.496 e. The molecule has 0 heterocycles. The number of alkyl halides is 3. The number of hydrogen-bond acceptors (Lipinski definition) is 4. The van der Waals surface area contributed by atoms with Gasteiger partial charge in [-0.15, -0.1) is 13.2 Å². The summed E-state index contributed by atoms with van der Waals surface area (Å²) in [5.41, 5.74) is 1.47. The summed E-state index contributed by atoms with van der Waals surface area (Å²) < 4.78 is 50.0. The zero-order chi connectivity index (χ0) is 17.0. The van der Waals surface area contributed by atoms with Gasteiger partial charge in [0.2, 0.25) is 0 Å². The van der Waals surface area contributed by atoms with Gasteiger partial charge in [-0.05, 0) is 35.4 Å². The van der Waals surface area contributed by atoms with Crippen molar-refractivity contribution in [2.24, 2.45) is 0 Å². The Hall–Kier alpha value is -2.70. The first-order valence-electron chi connectivity index (χ1n) is 6.46. The van der Waals surface area contributed by atoms with Crippen LogP contribution in [0.1, 0.15) is 10.4 Å². The van der Waals surface area contributed by atoms with Crippen LogP contribution in [-0.2, 0) is 4.74 Å². The zero-order valence-electron chi connectivity index (χ0n) is 12.3. The first kappa shape index (κ1) is 16.7. The molecular formula is C16H13F3O4. The number of carbonyl (C=O) groups excluding carboxylic acids is 1. The molecule has 0 aromatic heterocycles. The molecule has 0 aliphatic heterocycles. The highest BCUT2D eigenvalue weighted by Crippen LogP contribution is 2.29. The van der Waals surface area contributed by atoms with Crippen molar-refractivity contribution in [3.63, 3.8) is 0 Å². The predicted octanol–water partition coefficient (Wildman–Crippen LogP) is 4.05. The lowest BCUT2D eigenvalue weighted by atomic mass is 10.0. The molecule has 0 atom stereocenters. The van der Waals surface area contributed by atoms with Crippen molar-refractivity contribution in [3.8, 4) is 22.6 Å². The first-order chi connectivity index (χ1) is 10.8. The summed E-state index contributed by atoms with van der Waals surface area (Å²) in [6.45, 7) is 0. The lowest BCUT2D eigenvalue weighted by Crippen LogP contribution is -2.16. The minimum atomic E-state index is -4.74. The summed E-state index contributed by atoms with van der Waals surface area (Å²) in [6, 6.07) is 10.1. The third kappa shape index (κ3) is 4.15. The van der Waals surface area contributed by atoms with Crippen LogP contribution in [0.5, 0.6) is 11.5 Å². The van der Waals surface area contributed by atoms with Gasteiger partial charge in [-0.3, -0.25) is 0 Å². The van der Waals surface area contributed by atoms with E-state index in [-0.39, 0.29) is 11.3 Å². The highest BCUT2D eigenvalue weighted by atomic mass is 19.4. The lowest BCUT2D eigenvalue weighted by Gasteiger charge is -2.11. The van der Waals surface area contributed by atoms with E-state index in [1.165, 1.54) is 38.5 Å². The maximum atomic E-state index is 12.1. The van der Waals surface area contributed by atoms with Gasteiger partial charge in [0.15, 0.2) is 0 Å². The van der Waals surface area contributed by atoms with Crippen LogP contribution >= 0.6 is 0 Å². The number of halogens is 3. The Bertz CT molecular complexity index is 693. The Kier molecular flexibility index (Phi) is 4.78. The Balaban J connectivity index is 2.33. The van der Waals surface area contributed by atoms with Gasteiger partial charge in [-0.2, -0.15) is 0 Å². The van der Waals surface area contributed by atoms with Gasteiger partial charge in [0.25, 0.3) is 0 Å². The molecule has 0 amide bonds. The van der Waals surface area contributed by atoms with Crippen LogP contribution in [0.15, 0.2) is 42.5 Å². The van der Waals surface area contributed by atoms with Crippen LogP contribution in [-0.4, -0.2) is 26.6 Å². The third-order valence-corrected chi connectivity index (χ3v) is 3.03. The second-order valence-corrected chi connectivity index (χ2v) is 4.48. The highest BCUT2D eigenvalue weighted by Gasteiger charge is 2.30. The van der Waals surface area contributed by atoms with E-state index in [2.05, 4.69) is 9.47 Å². The summed E-state index contributed by atoms with van der Waals surface area (Å²) in [5, 5.41) is 0. The van der Waals surface area contributed by atoms with Gasteiger partial charge in [-0.25, -0.2) is 4.79 Å². The second-order valence-electron chi connectivity index (χ2n) is 4.48. The average Bonchev–Trinajstić information content (AvgIpc) is 2.52. The van der Waals surface area contributed by atoms with Crippen LogP contribution in [0.4, 0.5) is 13.2 Å². The number of hydrogen-bond donors (Lipinski definition) is 0. The standard InChI is InChI=1S/C16H13F3O4/c1-21-14-8-5-11(9-13(14)15(20)22-2)10-3-6-12(7-4-10)23-16(17,18)19/h3-9H,1-2H3. The number of carbonyl (C=O) groups is 1. The fraction of sp³-hybridized carbons (Fsp3) is 0.188. The maximum absolute atomic E-state index is 12.1. The SMILES string of the molecule is COC(=O)c1cc(-c2ccc(OC(F)(F)F)cc2)ccc1OC. The molecule has 0 N–H and O–H groups in total. The summed E-state index contributed by atoms with van der Waals surface area (Å²) in [5.74, 6) is -0.540. The Morgan fingerprint density at radius 1 is 0.957 bits per heavy atom. The molecule has 0 aliphatic rings. The normalized spacial score (nSPS) is 11.0. The molecule has 0 radical (unpaired) electrons. The number of benzene rings is 2. The molecule has 0 unspecified atom stereocenters. The van der Waals surface area contributed by atoms with Crippen LogP contribution in [0, 0.1) is 0 Å². The van der Waals surface area contributed by atoms with E-state index < -0.39 is 12.3 Å². The van der Waals surface area contributed by atoms with E-state index in [0.29, 0.717) is 16.9 Å². The molecule has 0 saturated carbocycles. The van der Waals surface area contributed by atoms with Crippen LogP contribution in [0.2, 0.25) is 0 Å². The van der Waals surface area contributed by atoms with Crippen molar-refractivity contribution in [3.05, 3.63) is 48.0 Å². The van der Waals surface area contributed by atoms with Gasteiger partial charge in [0.1, 0.15) is 17.1 Å². The van der Waals surface area contributed by atoms with E-state index in [4.69, 9.17) is 4.74 Å². The summed E-state index contributed by atoms with van der Waals surface area (Å²) in [4.78, 5) is 11.7. The van der Waals surface area contributed by atoms with Crippen molar-refractivity contribution < 1.29 is 32.2 Å². The summed E-state index contributed by atoms with van der Waals surface area (Å²) in [7, 11) is 2.67. The Labute approximate surface area is 130 Å². The molecule has 7 heteroatoms. The molecular weight excluding hydrogens is 313 g/mol. The van der Waals surface area contributed by atoms with E-state index in [0.717, 1.165) is 0 Å². The fourth-order valence-electron chi connectivity index (χ4n) is 2.01. The minimum Gasteiger partial charge on any atom is -0.496 e. The van der Waals surface area contributed by atoms with Crippen LogP contribution < -0.4 is 9.47 Å². The molecule has 0 fully saturated rings. The quantitative estimate of drug-likeness (QED) is 0.795. The van der Waals surface area contributed by atoms with E-state index >= 15 is 0 Å². The molecule has 0 saturated heterocycles. The molecule has 0 spiro atoms. The average molecular weight is 326 g/mol. The van der Waals surface area contributed by atoms with Crippen molar-refractivity contribution >= 4 is 5.97 Å². The minimum absolute atomic E-state index is 0.225. The fourth-order valence-corrected chi connectivity index (χ4v) is 2.01. The van der Waals surface area contributed by atoms with Crippen LogP contribution in [0.25, 0.3) is 11.1 Å². The van der Waals surface area contributed by atoms with Crippen molar-refractivity contribution in [2.75, 3.05) is 14.2 Å². The molecule has 0 aliphatic carbocycles. The third-order valence-electron chi connectivity index (χ3n) is 3.03. The van der Waals surface area contributed by atoms with Crippen molar-refractivity contribution in [2.45, 2.75) is 6.36 Å². The Morgan fingerprint density at radius 2 is 1.57 bits per heavy atom. The molecule has 4 nitrogen and oxygen atoms in total. The van der Waals surface area contributed by atoms with Crippen LogP contribution in [0.3, 0.4) is 0 Å². The van der Waals surface area contributed by atoms with Gasteiger partial charge < -0.3 is 14.2 Å². The molecule has 0 bridgehead atoms. The molecule has 2 aromatic rings. The van der Waals surface area contributed by atoms with Crippen molar-refractivity contribution in [1.29, 1.82) is 0 Å². The van der Waals surface area contributed by atoms with Gasteiger partial charge in [-0.1, -0.05) is 18.2 Å². The number of ether oxygens (including phenoxy) is 3. The molecule has 23 heavy (non-hydrogen) atoms. The number of rotatable bonds is 4. The van der Waals surface area contributed by atoms with E-state index in [1.807, 2.05) is 0 Å². The van der Waals surface area contributed by atoms with E-state index in [9.17, 15) is 18.0 Å². The maximum Gasteiger partial charge on any atom is 0.573 e. The van der Waals surface area contributed by atoms with Gasteiger partial charge >= 0.3 is 12.3 Å². The summed E-state index contributed by atoms with van der Waals surface area (Å²) in [6.07, 6.45) is -4.74. The molecule has 2 aromatic carbocycles. The first-order valence-corrected chi connectivity index (χ1v) is 6.46. The topological polar surface area (TPSA) is 44.8 Å². The van der Waals surface area contributed by atoms with Gasteiger partial charge in [0.05, 0.1) is 14.2 Å². The highest BCUT2D eigenvalue weighted by molar-refractivity contribution is 5.94.